The molecule has 0 bridgehead atoms. The summed E-state index contributed by atoms with van der Waals surface area (Å²) < 4.78 is 0. The Balaban J connectivity index is 2.05. The molecule has 112 valence electrons. The molecule has 2 rings (SSSR count). The zero-order valence-corrected chi connectivity index (χ0v) is 13.3. The number of thiophene rings is 1. The van der Waals surface area contributed by atoms with Crippen molar-refractivity contribution in [3.8, 4) is 0 Å². The summed E-state index contributed by atoms with van der Waals surface area (Å²) in [6.07, 6.45) is 2.52. The van der Waals surface area contributed by atoms with Crippen molar-refractivity contribution in [1.82, 2.24) is 15.2 Å². The van der Waals surface area contributed by atoms with E-state index in [9.17, 15) is 4.79 Å². The second-order valence-electron chi connectivity index (χ2n) is 5.69. The van der Waals surface area contributed by atoms with Crippen LogP contribution in [0.1, 0.15) is 33.0 Å². The number of rotatable bonds is 5. The van der Waals surface area contributed by atoms with Gasteiger partial charge in [-0.25, -0.2) is 5.84 Å². The molecule has 0 saturated carbocycles. The highest BCUT2D eigenvalue weighted by atomic mass is 32.1. The number of amides is 1. The van der Waals surface area contributed by atoms with E-state index < -0.39 is 0 Å². The largest absolute Gasteiger partial charge is 0.308 e. The first-order valence-corrected chi connectivity index (χ1v) is 7.82. The quantitative estimate of drug-likeness (QED) is 0.487. The third-order valence-corrected chi connectivity index (χ3v) is 4.92. The second-order valence-corrected chi connectivity index (χ2v) is 6.95. The van der Waals surface area contributed by atoms with Crippen molar-refractivity contribution in [1.29, 1.82) is 0 Å². The van der Waals surface area contributed by atoms with E-state index in [4.69, 9.17) is 5.84 Å². The Morgan fingerprint density at radius 3 is 3.00 bits per heavy atom. The van der Waals surface area contributed by atoms with E-state index in [1.807, 2.05) is 6.07 Å². The molecule has 0 aliphatic carbocycles. The molecule has 0 spiro atoms. The van der Waals surface area contributed by atoms with Gasteiger partial charge >= 0.3 is 0 Å². The average molecular weight is 296 g/mol. The number of nitrogens with two attached hydrogens (primary N) is 1. The van der Waals surface area contributed by atoms with Crippen molar-refractivity contribution in [2.75, 3.05) is 27.2 Å². The fraction of sp³-hybridized carbons (Fsp3) is 0.643. The topological polar surface area (TPSA) is 61.6 Å². The number of hydrogen-bond acceptors (Lipinski definition) is 5. The maximum Gasteiger partial charge on any atom is 0.275 e. The summed E-state index contributed by atoms with van der Waals surface area (Å²) in [4.78, 5) is 18.3. The van der Waals surface area contributed by atoms with Gasteiger partial charge in [-0.05, 0) is 52.0 Å². The lowest BCUT2D eigenvalue weighted by Crippen LogP contribution is -2.37. The minimum Gasteiger partial charge on any atom is -0.308 e. The normalized spacial score (nSPS) is 19.8. The molecule has 1 fully saturated rings. The van der Waals surface area contributed by atoms with E-state index in [-0.39, 0.29) is 5.91 Å². The minimum atomic E-state index is -0.199. The smallest absolute Gasteiger partial charge is 0.275 e. The predicted octanol–water partition coefficient (Wildman–Crippen LogP) is 1.19. The maximum absolute atomic E-state index is 11.6. The Morgan fingerprint density at radius 2 is 2.35 bits per heavy atom. The van der Waals surface area contributed by atoms with Gasteiger partial charge in [0.25, 0.3) is 5.91 Å². The molecule has 2 heterocycles. The van der Waals surface area contributed by atoms with Crippen LogP contribution in [-0.4, -0.2) is 48.9 Å². The molecular weight excluding hydrogens is 272 g/mol. The van der Waals surface area contributed by atoms with Crippen LogP contribution in [0.15, 0.2) is 6.07 Å². The van der Waals surface area contributed by atoms with Crippen LogP contribution in [0.2, 0.25) is 0 Å². The highest BCUT2D eigenvalue weighted by Crippen LogP contribution is 2.26. The van der Waals surface area contributed by atoms with Crippen LogP contribution in [0, 0.1) is 6.92 Å². The summed E-state index contributed by atoms with van der Waals surface area (Å²) in [7, 11) is 4.24. The van der Waals surface area contributed by atoms with Gasteiger partial charge in [-0.15, -0.1) is 11.3 Å². The van der Waals surface area contributed by atoms with Crippen molar-refractivity contribution in [3.63, 3.8) is 0 Å². The van der Waals surface area contributed by atoms with E-state index in [1.165, 1.54) is 34.6 Å². The molecule has 1 aliphatic rings. The van der Waals surface area contributed by atoms with Crippen LogP contribution in [0.3, 0.4) is 0 Å². The van der Waals surface area contributed by atoms with Crippen LogP contribution in [0.5, 0.6) is 0 Å². The third-order valence-electron chi connectivity index (χ3n) is 3.82. The molecular formula is C14H24N4OS. The number of likely N-dealkylation sites (tertiary alicyclic amines) is 1. The molecule has 1 aliphatic heterocycles. The van der Waals surface area contributed by atoms with Gasteiger partial charge in [-0.3, -0.25) is 15.1 Å². The first-order valence-electron chi connectivity index (χ1n) is 7.00. The molecule has 0 aromatic carbocycles. The van der Waals surface area contributed by atoms with Crippen molar-refractivity contribution in [2.45, 2.75) is 32.4 Å². The van der Waals surface area contributed by atoms with Crippen LogP contribution in [0.25, 0.3) is 0 Å². The first-order chi connectivity index (χ1) is 9.51. The lowest BCUT2D eigenvalue weighted by molar-refractivity contribution is 0.0957. The van der Waals surface area contributed by atoms with E-state index in [0.29, 0.717) is 10.9 Å². The molecule has 1 saturated heterocycles. The molecule has 20 heavy (non-hydrogen) atoms. The second kappa shape index (κ2) is 6.67. The standard InChI is InChI=1S/C14H24N4OS/c1-10-11(7-13(20-10)14(19)16-15)8-18-6-4-5-12(18)9-17(2)3/h7,12H,4-6,8-9,15H2,1-3H3,(H,16,19). The SMILES string of the molecule is Cc1sc(C(=O)NN)cc1CN1CCCC1CN(C)C. The number of carbonyl (C=O) groups is 1. The van der Waals surface area contributed by atoms with E-state index in [2.05, 4.69) is 36.2 Å². The van der Waals surface area contributed by atoms with Crippen molar-refractivity contribution in [3.05, 3.63) is 21.4 Å². The molecule has 1 amide bonds. The van der Waals surface area contributed by atoms with Crippen molar-refractivity contribution < 1.29 is 4.79 Å². The molecule has 1 unspecified atom stereocenters. The van der Waals surface area contributed by atoms with Gasteiger partial charge in [0.15, 0.2) is 0 Å². The molecule has 3 N–H and O–H groups in total. The molecule has 1 atom stereocenters. The molecule has 0 radical (unpaired) electrons. The van der Waals surface area contributed by atoms with Gasteiger partial charge < -0.3 is 4.90 Å². The zero-order chi connectivity index (χ0) is 14.7. The van der Waals surface area contributed by atoms with E-state index in [1.54, 1.807) is 0 Å². The van der Waals surface area contributed by atoms with Crippen molar-refractivity contribution >= 4 is 17.2 Å². The van der Waals surface area contributed by atoms with E-state index >= 15 is 0 Å². The number of nitrogen functional groups attached to an aromatic ring is 1. The number of nitrogens with zero attached hydrogens (tertiary/aromatic N) is 2. The van der Waals surface area contributed by atoms with Gasteiger partial charge in [0.2, 0.25) is 0 Å². The Kier molecular flexibility index (Phi) is 5.15. The van der Waals surface area contributed by atoms with Gasteiger partial charge in [0.1, 0.15) is 0 Å². The fourth-order valence-corrected chi connectivity index (χ4v) is 3.75. The van der Waals surface area contributed by atoms with Crippen LogP contribution >= 0.6 is 11.3 Å². The van der Waals surface area contributed by atoms with Gasteiger partial charge in [-0.1, -0.05) is 0 Å². The number of likely N-dealkylation sites (N-methyl/N-ethyl adjacent to an activating group) is 1. The first kappa shape index (κ1) is 15.4. The Labute approximate surface area is 124 Å². The Hall–Kier alpha value is -0.950. The minimum absolute atomic E-state index is 0.199. The summed E-state index contributed by atoms with van der Waals surface area (Å²) >= 11 is 1.52. The summed E-state index contributed by atoms with van der Waals surface area (Å²) in [5, 5.41) is 0. The summed E-state index contributed by atoms with van der Waals surface area (Å²) in [5.74, 6) is 5.00. The number of carbonyl (C=O) groups excluding carboxylic acids is 1. The molecule has 1 aromatic heterocycles. The Bertz CT molecular complexity index is 472. The van der Waals surface area contributed by atoms with Crippen molar-refractivity contribution in [2.24, 2.45) is 5.84 Å². The van der Waals surface area contributed by atoms with Crippen LogP contribution < -0.4 is 11.3 Å². The number of hydrogen-bond donors (Lipinski definition) is 2. The maximum atomic E-state index is 11.6. The molecule has 5 nitrogen and oxygen atoms in total. The monoisotopic (exact) mass is 296 g/mol. The summed E-state index contributed by atoms with van der Waals surface area (Å²) in [6.45, 7) is 5.24. The van der Waals surface area contributed by atoms with E-state index in [0.717, 1.165) is 19.6 Å². The highest BCUT2D eigenvalue weighted by molar-refractivity contribution is 7.14. The van der Waals surface area contributed by atoms with Gasteiger partial charge in [0.05, 0.1) is 4.88 Å². The number of nitrogens with one attached hydrogen (secondary N) is 1. The van der Waals surface area contributed by atoms with Crippen LogP contribution in [0.4, 0.5) is 0 Å². The molecule has 1 aromatic rings. The lowest BCUT2D eigenvalue weighted by atomic mass is 10.2. The van der Waals surface area contributed by atoms with Gasteiger partial charge in [0, 0.05) is 24.0 Å². The Morgan fingerprint density at radius 1 is 1.60 bits per heavy atom. The number of aryl methyl sites for hydroxylation is 1. The third kappa shape index (κ3) is 3.58. The van der Waals surface area contributed by atoms with Gasteiger partial charge in [-0.2, -0.15) is 0 Å². The summed E-state index contributed by atoms with van der Waals surface area (Å²) in [5.41, 5.74) is 3.45. The van der Waals surface area contributed by atoms with Crippen LogP contribution in [-0.2, 0) is 6.54 Å². The average Bonchev–Trinajstić information content (AvgIpc) is 2.97. The fourth-order valence-electron chi connectivity index (χ4n) is 2.81. The zero-order valence-electron chi connectivity index (χ0n) is 12.5. The lowest BCUT2D eigenvalue weighted by Gasteiger charge is -2.26. The predicted molar refractivity (Wildman–Crippen MR) is 82.7 cm³/mol. The number of hydrazine groups is 1. The highest BCUT2D eigenvalue weighted by Gasteiger charge is 2.26. The molecule has 6 heteroatoms. The summed E-state index contributed by atoms with van der Waals surface area (Å²) in [6, 6.07) is 2.60.